The zero-order chi connectivity index (χ0) is 15.7. The molecule has 2 aromatic rings. The fourth-order valence-electron chi connectivity index (χ4n) is 2.29. The van der Waals surface area contributed by atoms with Gasteiger partial charge in [0.15, 0.2) is 0 Å². The number of rotatable bonds is 3. The number of carbonyl (C=O) groups excluding carboxylic acids is 1. The van der Waals surface area contributed by atoms with Crippen LogP contribution >= 0.6 is 27.5 Å². The molecule has 0 aliphatic rings. The molecule has 2 N–H and O–H groups in total. The normalized spacial score (nSPS) is 10.5. The van der Waals surface area contributed by atoms with Crippen molar-refractivity contribution in [1.82, 2.24) is 0 Å². The first-order valence-electron chi connectivity index (χ1n) is 6.30. The third kappa shape index (κ3) is 2.78. The Balaban J connectivity index is 2.75. The molecule has 5 heteroatoms. The second-order valence-corrected chi connectivity index (χ2v) is 6.00. The minimum atomic E-state index is -0.239. The van der Waals surface area contributed by atoms with Crippen LogP contribution in [-0.4, -0.2) is 12.9 Å². The lowest BCUT2D eigenvalue weighted by Crippen LogP contribution is -2.11. The van der Waals surface area contributed by atoms with E-state index in [4.69, 9.17) is 22.1 Å². The second-order valence-electron chi connectivity index (χ2n) is 4.74. The van der Waals surface area contributed by atoms with Crippen LogP contribution in [0.15, 0.2) is 28.7 Å². The van der Waals surface area contributed by atoms with Crippen molar-refractivity contribution in [2.24, 2.45) is 0 Å². The summed E-state index contributed by atoms with van der Waals surface area (Å²) in [7, 11) is 1.54. The minimum Gasteiger partial charge on any atom is -0.496 e. The molecule has 0 heterocycles. The Bertz CT molecular complexity index is 708. The topological polar surface area (TPSA) is 52.3 Å². The minimum absolute atomic E-state index is 0.239. The van der Waals surface area contributed by atoms with Crippen LogP contribution < -0.4 is 10.5 Å². The fraction of sp³-hybridized carbons (Fsp3) is 0.188. The van der Waals surface area contributed by atoms with Crippen LogP contribution in [0.2, 0.25) is 5.02 Å². The van der Waals surface area contributed by atoms with Crippen molar-refractivity contribution in [3.8, 4) is 5.75 Å². The highest BCUT2D eigenvalue weighted by molar-refractivity contribution is 9.10. The molecule has 0 amide bonds. The predicted molar refractivity (Wildman–Crippen MR) is 89.5 cm³/mol. The number of nitrogens with two attached hydrogens (primary N) is 1. The number of aryl methyl sites for hydroxylation is 1. The molecule has 0 aliphatic carbocycles. The van der Waals surface area contributed by atoms with E-state index in [1.54, 1.807) is 25.3 Å². The lowest BCUT2D eigenvalue weighted by Gasteiger charge is -2.16. The SMILES string of the molecule is COc1c(C)cc(Br)c(C)c1C(=O)c1c(N)cccc1Cl. The van der Waals surface area contributed by atoms with Crippen LogP contribution in [0.4, 0.5) is 5.69 Å². The highest BCUT2D eigenvalue weighted by atomic mass is 79.9. The predicted octanol–water partition coefficient (Wildman–Crippen LogP) is 4.54. The molecule has 0 atom stereocenters. The third-order valence-electron chi connectivity index (χ3n) is 3.37. The van der Waals surface area contributed by atoms with Crippen LogP contribution in [0.5, 0.6) is 5.75 Å². The zero-order valence-corrected chi connectivity index (χ0v) is 14.3. The van der Waals surface area contributed by atoms with Crippen molar-refractivity contribution in [2.45, 2.75) is 13.8 Å². The van der Waals surface area contributed by atoms with Crippen molar-refractivity contribution < 1.29 is 9.53 Å². The summed E-state index contributed by atoms with van der Waals surface area (Å²) in [4.78, 5) is 12.9. The van der Waals surface area contributed by atoms with Crippen LogP contribution in [-0.2, 0) is 0 Å². The Morgan fingerprint density at radius 1 is 1.29 bits per heavy atom. The number of halogens is 2. The number of nitrogen functional groups attached to an aromatic ring is 1. The molecule has 110 valence electrons. The van der Waals surface area contributed by atoms with Gasteiger partial charge < -0.3 is 10.5 Å². The molecular formula is C16H15BrClNO2. The lowest BCUT2D eigenvalue weighted by molar-refractivity contribution is 0.103. The Morgan fingerprint density at radius 2 is 1.95 bits per heavy atom. The van der Waals surface area contributed by atoms with E-state index in [1.807, 2.05) is 19.9 Å². The van der Waals surface area contributed by atoms with Gasteiger partial charge in [-0.15, -0.1) is 0 Å². The van der Waals surface area contributed by atoms with Gasteiger partial charge in [-0.1, -0.05) is 33.6 Å². The maximum absolute atomic E-state index is 12.9. The average Bonchev–Trinajstić information content (AvgIpc) is 2.42. The molecule has 0 fully saturated rings. The quantitative estimate of drug-likeness (QED) is 0.639. The van der Waals surface area contributed by atoms with E-state index in [1.165, 1.54) is 0 Å². The van der Waals surface area contributed by atoms with Gasteiger partial charge in [-0.3, -0.25) is 4.79 Å². The monoisotopic (exact) mass is 367 g/mol. The number of benzene rings is 2. The molecule has 2 rings (SSSR count). The Morgan fingerprint density at radius 3 is 2.52 bits per heavy atom. The second kappa shape index (κ2) is 6.08. The van der Waals surface area contributed by atoms with E-state index in [-0.39, 0.29) is 5.78 Å². The van der Waals surface area contributed by atoms with Crippen LogP contribution in [0, 0.1) is 13.8 Å². The summed E-state index contributed by atoms with van der Waals surface area (Å²) in [6, 6.07) is 6.94. The summed E-state index contributed by atoms with van der Waals surface area (Å²) in [6.07, 6.45) is 0. The molecule has 21 heavy (non-hydrogen) atoms. The number of methoxy groups -OCH3 is 1. The van der Waals surface area contributed by atoms with Crippen molar-refractivity contribution >= 4 is 39.0 Å². The van der Waals surface area contributed by atoms with E-state index in [2.05, 4.69) is 15.9 Å². The zero-order valence-electron chi connectivity index (χ0n) is 12.0. The summed E-state index contributed by atoms with van der Waals surface area (Å²) >= 11 is 9.61. The largest absolute Gasteiger partial charge is 0.496 e. The molecule has 0 bridgehead atoms. The Kier molecular flexibility index (Phi) is 4.59. The van der Waals surface area contributed by atoms with E-state index in [9.17, 15) is 4.79 Å². The van der Waals surface area contributed by atoms with Gasteiger partial charge in [0.05, 0.1) is 23.3 Å². The van der Waals surface area contributed by atoms with E-state index in [0.29, 0.717) is 27.6 Å². The number of ether oxygens (including phenoxy) is 1. The molecule has 3 nitrogen and oxygen atoms in total. The van der Waals surface area contributed by atoms with Gasteiger partial charge in [0.1, 0.15) is 5.75 Å². The van der Waals surface area contributed by atoms with Crippen LogP contribution in [0.1, 0.15) is 27.0 Å². The smallest absolute Gasteiger partial charge is 0.200 e. The first-order chi connectivity index (χ1) is 9.88. The van der Waals surface area contributed by atoms with Crippen molar-refractivity contribution in [3.63, 3.8) is 0 Å². The maximum atomic E-state index is 12.9. The molecular weight excluding hydrogens is 354 g/mol. The van der Waals surface area contributed by atoms with Crippen LogP contribution in [0.3, 0.4) is 0 Å². The fourth-order valence-corrected chi connectivity index (χ4v) is 3.10. The van der Waals surface area contributed by atoms with Crippen molar-refractivity contribution in [2.75, 3.05) is 12.8 Å². The lowest BCUT2D eigenvalue weighted by atomic mass is 9.95. The first kappa shape index (κ1) is 15.9. The van der Waals surface area contributed by atoms with E-state index < -0.39 is 0 Å². The molecule has 0 radical (unpaired) electrons. The molecule has 0 spiro atoms. The highest BCUT2D eigenvalue weighted by Gasteiger charge is 2.24. The molecule has 0 aliphatic heterocycles. The van der Waals surface area contributed by atoms with Gasteiger partial charge in [-0.2, -0.15) is 0 Å². The summed E-state index contributed by atoms with van der Waals surface area (Å²) in [5, 5.41) is 0.332. The number of hydrogen-bond donors (Lipinski definition) is 1. The molecule has 0 unspecified atom stereocenters. The Hall–Kier alpha value is -1.52. The van der Waals surface area contributed by atoms with Gasteiger partial charge in [0, 0.05) is 10.2 Å². The Labute approximate surface area is 137 Å². The average molecular weight is 369 g/mol. The van der Waals surface area contributed by atoms with Crippen molar-refractivity contribution in [1.29, 1.82) is 0 Å². The number of anilines is 1. The molecule has 0 saturated carbocycles. The summed E-state index contributed by atoms with van der Waals surface area (Å²) in [5.74, 6) is 0.303. The number of hydrogen-bond acceptors (Lipinski definition) is 3. The van der Waals surface area contributed by atoms with Gasteiger partial charge in [-0.25, -0.2) is 0 Å². The number of ketones is 1. The third-order valence-corrected chi connectivity index (χ3v) is 4.50. The summed E-state index contributed by atoms with van der Waals surface area (Å²) < 4.78 is 6.25. The van der Waals surface area contributed by atoms with Gasteiger partial charge >= 0.3 is 0 Å². The standard InChI is InChI=1S/C16H15BrClNO2/c1-8-7-10(17)9(2)13(16(8)21-3)15(20)14-11(18)5-4-6-12(14)19/h4-7H,19H2,1-3H3. The number of carbonyl (C=O) groups is 1. The molecule has 0 saturated heterocycles. The first-order valence-corrected chi connectivity index (χ1v) is 7.48. The van der Waals surface area contributed by atoms with E-state index in [0.717, 1.165) is 15.6 Å². The van der Waals surface area contributed by atoms with Crippen molar-refractivity contribution in [3.05, 3.63) is 56.0 Å². The van der Waals surface area contributed by atoms with Gasteiger partial charge in [0.25, 0.3) is 0 Å². The molecule has 0 aromatic heterocycles. The summed E-state index contributed by atoms with van der Waals surface area (Å²) in [6.45, 7) is 3.74. The van der Waals surface area contributed by atoms with E-state index >= 15 is 0 Å². The maximum Gasteiger partial charge on any atom is 0.200 e. The molecule has 2 aromatic carbocycles. The highest BCUT2D eigenvalue weighted by Crippen LogP contribution is 2.36. The van der Waals surface area contributed by atoms with Gasteiger partial charge in [-0.05, 0) is 43.2 Å². The summed E-state index contributed by atoms with van der Waals surface area (Å²) in [5.41, 5.74) is 8.71. The van der Waals surface area contributed by atoms with Crippen LogP contribution in [0.25, 0.3) is 0 Å². The van der Waals surface area contributed by atoms with Gasteiger partial charge in [0.2, 0.25) is 5.78 Å².